The second-order valence-electron chi connectivity index (χ2n) is 3.84. The van der Waals surface area contributed by atoms with E-state index in [4.69, 9.17) is 0 Å². The first-order chi connectivity index (χ1) is 7.26. The van der Waals surface area contributed by atoms with Gasteiger partial charge in [-0.05, 0) is 39.2 Å². The van der Waals surface area contributed by atoms with Gasteiger partial charge in [-0.2, -0.15) is 0 Å². The third kappa shape index (κ3) is 7.15. The van der Waals surface area contributed by atoms with Crippen LogP contribution in [0.5, 0.6) is 0 Å². The molecule has 0 aromatic rings. The lowest BCUT2D eigenvalue weighted by Gasteiger charge is -2.17. The minimum Gasteiger partial charge on any atom is -0.319 e. The van der Waals surface area contributed by atoms with E-state index in [0.717, 1.165) is 13.0 Å². The highest BCUT2D eigenvalue weighted by Crippen LogP contribution is 2.14. The number of allylic oxidation sites excluding steroid dienone is 5. The van der Waals surface area contributed by atoms with Crippen molar-refractivity contribution >= 4 is 0 Å². The highest BCUT2D eigenvalue weighted by molar-refractivity contribution is 5.00. The molecule has 1 N–H and O–H groups in total. The topological polar surface area (TPSA) is 12.0 Å². The van der Waals surface area contributed by atoms with Crippen molar-refractivity contribution in [2.24, 2.45) is 11.8 Å². The molecule has 0 saturated carbocycles. The SMILES string of the molecule is C/C=C\CC=CC(CNC)C(C)/C=C\C. The van der Waals surface area contributed by atoms with Gasteiger partial charge in [-0.1, -0.05) is 43.4 Å². The molecule has 0 aromatic heterocycles. The van der Waals surface area contributed by atoms with E-state index < -0.39 is 0 Å². The van der Waals surface area contributed by atoms with Crippen LogP contribution in [-0.2, 0) is 0 Å². The summed E-state index contributed by atoms with van der Waals surface area (Å²) in [6.07, 6.45) is 14.3. The van der Waals surface area contributed by atoms with Crippen LogP contribution in [0.15, 0.2) is 36.5 Å². The Hall–Kier alpha value is -0.820. The van der Waals surface area contributed by atoms with Gasteiger partial charge in [0, 0.05) is 6.54 Å². The summed E-state index contributed by atoms with van der Waals surface area (Å²) in [4.78, 5) is 0. The lowest BCUT2D eigenvalue weighted by atomic mass is 9.93. The fourth-order valence-corrected chi connectivity index (χ4v) is 1.58. The first-order valence-corrected chi connectivity index (χ1v) is 5.81. The Morgan fingerprint density at radius 3 is 2.33 bits per heavy atom. The predicted molar refractivity (Wildman–Crippen MR) is 70.0 cm³/mol. The fraction of sp³-hybridized carbons (Fsp3) is 0.571. The monoisotopic (exact) mass is 207 g/mol. The van der Waals surface area contributed by atoms with Gasteiger partial charge in [-0.15, -0.1) is 0 Å². The zero-order chi connectivity index (χ0) is 11.5. The second-order valence-corrected chi connectivity index (χ2v) is 3.84. The minimum absolute atomic E-state index is 0.594. The molecule has 0 aliphatic heterocycles. The molecule has 0 radical (unpaired) electrons. The first-order valence-electron chi connectivity index (χ1n) is 5.81. The Kier molecular flexibility index (Phi) is 9.19. The van der Waals surface area contributed by atoms with E-state index in [1.54, 1.807) is 0 Å². The van der Waals surface area contributed by atoms with Crippen LogP contribution in [0.3, 0.4) is 0 Å². The van der Waals surface area contributed by atoms with Gasteiger partial charge < -0.3 is 5.32 Å². The van der Waals surface area contributed by atoms with Crippen molar-refractivity contribution in [3.05, 3.63) is 36.5 Å². The van der Waals surface area contributed by atoms with Crippen molar-refractivity contribution in [1.82, 2.24) is 5.32 Å². The number of hydrogen-bond donors (Lipinski definition) is 1. The molecule has 2 atom stereocenters. The molecule has 0 saturated heterocycles. The lowest BCUT2D eigenvalue weighted by molar-refractivity contribution is 0.487. The van der Waals surface area contributed by atoms with Gasteiger partial charge in [0.15, 0.2) is 0 Å². The molecule has 2 unspecified atom stereocenters. The quantitative estimate of drug-likeness (QED) is 0.629. The Balaban J connectivity index is 4.18. The molecule has 0 spiro atoms. The maximum atomic E-state index is 3.24. The van der Waals surface area contributed by atoms with Gasteiger partial charge in [0.05, 0.1) is 0 Å². The Labute approximate surface area is 95.0 Å². The normalized spacial score (nSPS) is 16.8. The molecule has 15 heavy (non-hydrogen) atoms. The third-order valence-corrected chi connectivity index (χ3v) is 2.50. The standard InChI is InChI=1S/C14H25N/c1-5-7-8-9-11-14(12-15-4)13(3)10-6-2/h5-7,9-11,13-15H,8,12H2,1-4H3/b7-5-,10-6-,11-9?. The zero-order valence-corrected chi connectivity index (χ0v) is 10.5. The molecule has 1 heteroatoms. The minimum atomic E-state index is 0.594. The van der Waals surface area contributed by atoms with Crippen molar-refractivity contribution in [3.63, 3.8) is 0 Å². The maximum Gasteiger partial charge on any atom is 0.00167 e. The van der Waals surface area contributed by atoms with Crippen LogP contribution in [0.1, 0.15) is 27.2 Å². The summed E-state index contributed by atoms with van der Waals surface area (Å²) in [5, 5.41) is 3.24. The molecule has 0 aromatic carbocycles. The molecule has 1 nitrogen and oxygen atoms in total. The van der Waals surface area contributed by atoms with Crippen LogP contribution in [0.25, 0.3) is 0 Å². The van der Waals surface area contributed by atoms with Crippen molar-refractivity contribution in [2.75, 3.05) is 13.6 Å². The van der Waals surface area contributed by atoms with Crippen LogP contribution < -0.4 is 5.32 Å². The van der Waals surface area contributed by atoms with E-state index in [1.807, 2.05) is 7.05 Å². The molecule has 0 amide bonds. The smallest absolute Gasteiger partial charge is 0.00167 e. The number of nitrogens with one attached hydrogen (secondary N) is 1. The number of rotatable bonds is 7. The van der Waals surface area contributed by atoms with Gasteiger partial charge in [0.2, 0.25) is 0 Å². The summed E-state index contributed by atoms with van der Waals surface area (Å²) in [7, 11) is 2.01. The molecule has 0 heterocycles. The van der Waals surface area contributed by atoms with Gasteiger partial charge in [0.1, 0.15) is 0 Å². The summed E-state index contributed by atoms with van der Waals surface area (Å²) in [5.41, 5.74) is 0. The molecule has 0 aliphatic rings. The molecular formula is C14H25N. The van der Waals surface area contributed by atoms with Crippen LogP contribution >= 0.6 is 0 Å². The fourth-order valence-electron chi connectivity index (χ4n) is 1.58. The van der Waals surface area contributed by atoms with Crippen LogP contribution in [0.2, 0.25) is 0 Å². The Morgan fingerprint density at radius 1 is 1.07 bits per heavy atom. The second kappa shape index (κ2) is 9.72. The Morgan fingerprint density at radius 2 is 1.80 bits per heavy atom. The van der Waals surface area contributed by atoms with Gasteiger partial charge in [-0.3, -0.25) is 0 Å². The number of hydrogen-bond acceptors (Lipinski definition) is 1. The molecular weight excluding hydrogens is 182 g/mol. The molecule has 86 valence electrons. The van der Waals surface area contributed by atoms with E-state index >= 15 is 0 Å². The average molecular weight is 207 g/mol. The average Bonchev–Trinajstić information content (AvgIpc) is 2.23. The highest BCUT2D eigenvalue weighted by Gasteiger charge is 2.09. The van der Waals surface area contributed by atoms with Crippen molar-refractivity contribution in [1.29, 1.82) is 0 Å². The van der Waals surface area contributed by atoms with Crippen LogP contribution in [-0.4, -0.2) is 13.6 Å². The summed E-state index contributed by atoms with van der Waals surface area (Å²) < 4.78 is 0. The predicted octanol–water partition coefficient (Wildman–Crippen LogP) is 3.56. The van der Waals surface area contributed by atoms with E-state index in [1.165, 1.54) is 0 Å². The summed E-state index contributed by atoms with van der Waals surface area (Å²) in [5.74, 6) is 1.20. The van der Waals surface area contributed by atoms with E-state index in [0.29, 0.717) is 11.8 Å². The third-order valence-electron chi connectivity index (χ3n) is 2.50. The zero-order valence-electron chi connectivity index (χ0n) is 10.5. The van der Waals surface area contributed by atoms with Crippen molar-refractivity contribution in [3.8, 4) is 0 Å². The molecule has 0 bridgehead atoms. The van der Waals surface area contributed by atoms with Gasteiger partial charge in [-0.25, -0.2) is 0 Å². The Bertz CT molecular complexity index is 213. The largest absolute Gasteiger partial charge is 0.319 e. The van der Waals surface area contributed by atoms with Crippen LogP contribution in [0, 0.1) is 11.8 Å². The first kappa shape index (κ1) is 14.2. The van der Waals surface area contributed by atoms with Gasteiger partial charge in [0.25, 0.3) is 0 Å². The van der Waals surface area contributed by atoms with Crippen LogP contribution in [0.4, 0.5) is 0 Å². The molecule has 0 fully saturated rings. The van der Waals surface area contributed by atoms with E-state index in [9.17, 15) is 0 Å². The lowest BCUT2D eigenvalue weighted by Crippen LogP contribution is -2.21. The van der Waals surface area contributed by atoms with E-state index in [2.05, 4.69) is 62.5 Å². The van der Waals surface area contributed by atoms with Crippen molar-refractivity contribution in [2.45, 2.75) is 27.2 Å². The van der Waals surface area contributed by atoms with E-state index in [-0.39, 0.29) is 0 Å². The molecule has 0 rings (SSSR count). The summed E-state index contributed by atoms with van der Waals surface area (Å²) >= 11 is 0. The summed E-state index contributed by atoms with van der Waals surface area (Å²) in [6, 6.07) is 0. The molecule has 0 aliphatic carbocycles. The van der Waals surface area contributed by atoms with Gasteiger partial charge >= 0.3 is 0 Å². The maximum absolute atomic E-state index is 3.24. The van der Waals surface area contributed by atoms with Crippen molar-refractivity contribution < 1.29 is 0 Å². The highest BCUT2D eigenvalue weighted by atomic mass is 14.8. The summed E-state index contributed by atoms with van der Waals surface area (Å²) in [6.45, 7) is 7.44.